The van der Waals surface area contributed by atoms with Gasteiger partial charge in [0.05, 0.1) is 29.4 Å². The lowest BCUT2D eigenvalue weighted by Gasteiger charge is -2.18. The van der Waals surface area contributed by atoms with Crippen molar-refractivity contribution in [3.05, 3.63) is 27.9 Å². The van der Waals surface area contributed by atoms with Gasteiger partial charge in [-0.1, -0.05) is 0 Å². The standard InChI is InChI=1S/C13H12F3N3O6/c1-25-12(22)6-2-9(19(23)24)10(17-3-6)18-4-7(11(20)21)8(5-18)13(14,15)16/h2-3,7-8H,4-5H2,1H3,(H,20,21)/t7-,8-/m1/s1. The van der Waals surface area contributed by atoms with Gasteiger partial charge in [0.2, 0.25) is 5.82 Å². The van der Waals surface area contributed by atoms with Crippen LogP contribution in [0.5, 0.6) is 0 Å². The Kier molecular flexibility index (Phi) is 4.81. The van der Waals surface area contributed by atoms with E-state index in [4.69, 9.17) is 5.11 Å². The van der Waals surface area contributed by atoms with Crippen LogP contribution in [-0.2, 0) is 9.53 Å². The van der Waals surface area contributed by atoms with Crippen molar-refractivity contribution in [1.29, 1.82) is 0 Å². The predicted molar refractivity (Wildman–Crippen MR) is 75.1 cm³/mol. The number of aromatic nitrogens is 1. The maximum Gasteiger partial charge on any atom is 0.394 e. The summed E-state index contributed by atoms with van der Waals surface area (Å²) < 4.78 is 43.5. The van der Waals surface area contributed by atoms with Crippen LogP contribution in [0.25, 0.3) is 0 Å². The van der Waals surface area contributed by atoms with Crippen LogP contribution in [0.3, 0.4) is 0 Å². The van der Waals surface area contributed by atoms with Gasteiger partial charge in [-0.3, -0.25) is 14.9 Å². The number of rotatable bonds is 4. The number of aliphatic carboxylic acids is 1. The van der Waals surface area contributed by atoms with Gasteiger partial charge in [0.1, 0.15) is 0 Å². The molecule has 2 atom stereocenters. The Morgan fingerprint density at radius 1 is 1.44 bits per heavy atom. The van der Waals surface area contributed by atoms with Crippen LogP contribution in [0.15, 0.2) is 12.3 Å². The van der Waals surface area contributed by atoms with Gasteiger partial charge >= 0.3 is 23.8 Å². The van der Waals surface area contributed by atoms with Crippen LogP contribution < -0.4 is 4.90 Å². The Bertz CT molecular complexity index is 723. The number of halogens is 3. The number of carboxylic acids is 1. The first-order chi connectivity index (χ1) is 11.6. The highest BCUT2D eigenvalue weighted by Gasteiger charge is 2.53. The van der Waals surface area contributed by atoms with Gasteiger partial charge in [-0.05, 0) is 0 Å². The summed E-state index contributed by atoms with van der Waals surface area (Å²) in [6, 6.07) is 0.824. The highest BCUT2D eigenvalue weighted by molar-refractivity contribution is 5.90. The number of methoxy groups -OCH3 is 1. The van der Waals surface area contributed by atoms with Crippen LogP contribution in [0.4, 0.5) is 24.7 Å². The molecule has 25 heavy (non-hydrogen) atoms. The lowest BCUT2D eigenvalue weighted by atomic mass is 9.96. The van der Waals surface area contributed by atoms with Gasteiger partial charge in [-0.25, -0.2) is 9.78 Å². The zero-order chi connectivity index (χ0) is 18.9. The average molecular weight is 363 g/mol. The molecule has 0 saturated carbocycles. The molecular formula is C13H12F3N3O6. The molecule has 0 bridgehead atoms. The van der Waals surface area contributed by atoms with Crippen LogP contribution in [0.2, 0.25) is 0 Å². The second-order valence-corrected chi connectivity index (χ2v) is 5.31. The number of nitro groups is 1. The normalized spacial score (nSPS) is 20.4. The van der Waals surface area contributed by atoms with Crippen LogP contribution >= 0.6 is 0 Å². The molecule has 1 aliphatic rings. The molecule has 136 valence electrons. The fraction of sp³-hybridized carbons (Fsp3) is 0.462. The quantitative estimate of drug-likeness (QED) is 0.485. The van der Waals surface area contributed by atoms with E-state index >= 15 is 0 Å². The third-order valence-corrected chi connectivity index (χ3v) is 3.82. The summed E-state index contributed by atoms with van der Waals surface area (Å²) in [4.78, 5) is 37.4. The summed E-state index contributed by atoms with van der Waals surface area (Å²) >= 11 is 0. The molecule has 1 fully saturated rings. The molecule has 0 unspecified atom stereocenters. The van der Waals surface area contributed by atoms with Crippen molar-refractivity contribution in [3.63, 3.8) is 0 Å². The highest BCUT2D eigenvalue weighted by Crippen LogP contribution is 2.40. The van der Waals surface area contributed by atoms with E-state index in [2.05, 4.69) is 9.72 Å². The van der Waals surface area contributed by atoms with E-state index in [1.54, 1.807) is 0 Å². The van der Waals surface area contributed by atoms with Gasteiger partial charge < -0.3 is 14.7 Å². The van der Waals surface area contributed by atoms with Crippen molar-refractivity contribution in [1.82, 2.24) is 4.98 Å². The smallest absolute Gasteiger partial charge is 0.394 e. The fourth-order valence-corrected chi connectivity index (χ4v) is 2.61. The third-order valence-electron chi connectivity index (χ3n) is 3.82. The number of pyridine rings is 1. The predicted octanol–water partition coefficient (Wildman–Crippen LogP) is 1.48. The van der Waals surface area contributed by atoms with Gasteiger partial charge in [0.15, 0.2) is 0 Å². The van der Waals surface area contributed by atoms with Crippen LogP contribution in [0.1, 0.15) is 10.4 Å². The molecule has 1 aromatic heterocycles. The molecule has 9 nitrogen and oxygen atoms in total. The van der Waals surface area contributed by atoms with Crippen molar-refractivity contribution in [2.24, 2.45) is 11.8 Å². The number of carboxylic acid groups (broad SMARTS) is 1. The minimum atomic E-state index is -4.78. The monoisotopic (exact) mass is 363 g/mol. The molecule has 2 heterocycles. The van der Waals surface area contributed by atoms with Crippen molar-refractivity contribution < 1.29 is 37.5 Å². The van der Waals surface area contributed by atoms with Crippen molar-refractivity contribution in [2.45, 2.75) is 6.18 Å². The van der Waals surface area contributed by atoms with E-state index in [0.717, 1.165) is 24.3 Å². The lowest BCUT2D eigenvalue weighted by Crippen LogP contribution is -2.33. The van der Waals surface area contributed by atoms with Crippen molar-refractivity contribution in [2.75, 3.05) is 25.1 Å². The number of esters is 1. The number of alkyl halides is 3. The largest absolute Gasteiger partial charge is 0.481 e. The minimum Gasteiger partial charge on any atom is -0.481 e. The molecule has 1 aliphatic heterocycles. The molecule has 0 amide bonds. The zero-order valence-corrected chi connectivity index (χ0v) is 12.7. The number of anilines is 1. The van der Waals surface area contributed by atoms with Crippen molar-refractivity contribution >= 4 is 23.4 Å². The average Bonchev–Trinajstić information content (AvgIpc) is 2.99. The Balaban J connectivity index is 2.43. The Hall–Kier alpha value is -2.92. The van der Waals surface area contributed by atoms with Gasteiger partial charge in [-0.15, -0.1) is 0 Å². The molecule has 0 aromatic carbocycles. The minimum absolute atomic E-state index is 0.251. The Labute approximate surface area is 138 Å². The maximum atomic E-state index is 13.0. The Morgan fingerprint density at radius 3 is 2.52 bits per heavy atom. The first-order valence-electron chi connectivity index (χ1n) is 6.83. The molecule has 0 spiro atoms. The van der Waals surface area contributed by atoms with Gasteiger partial charge in [0, 0.05) is 25.4 Å². The van der Waals surface area contributed by atoms with E-state index in [-0.39, 0.29) is 5.56 Å². The molecule has 0 aliphatic carbocycles. The topological polar surface area (TPSA) is 123 Å². The summed E-state index contributed by atoms with van der Waals surface area (Å²) in [6.45, 7) is -1.38. The van der Waals surface area contributed by atoms with Crippen LogP contribution in [0, 0.1) is 22.0 Å². The number of nitrogens with zero attached hydrogens (tertiary/aromatic N) is 3. The van der Waals surface area contributed by atoms with E-state index in [0.29, 0.717) is 0 Å². The van der Waals surface area contributed by atoms with E-state index in [9.17, 15) is 32.9 Å². The number of carbonyl (C=O) groups is 2. The highest BCUT2D eigenvalue weighted by atomic mass is 19.4. The number of hydrogen-bond acceptors (Lipinski definition) is 7. The third kappa shape index (κ3) is 3.61. The summed E-state index contributed by atoms with van der Waals surface area (Å²) in [5.74, 6) is -6.96. The van der Waals surface area contributed by atoms with Gasteiger partial charge in [-0.2, -0.15) is 13.2 Å². The maximum absolute atomic E-state index is 13.0. The molecule has 2 rings (SSSR count). The summed E-state index contributed by atoms with van der Waals surface area (Å²) in [7, 11) is 1.05. The lowest BCUT2D eigenvalue weighted by molar-refractivity contribution is -0.384. The zero-order valence-electron chi connectivity index (χ0n) is 12.7. The molecule has 0 radical (unpaired) electrons. The first kappa shape index (κ1) is 18.4. The summed E-state index contributed by atoms with van der Waals surface area (Å²) in [5.41, 5.74) is -0.964. The molecule has 1 N–H and O–H groups in total. The molecular weight excluding hydrogens is 351 g/mol. The molecule has 1 aromatic rings. The van der Waals surface area contributed by atoms with E-state index in [1.807, 2.05) is 0 Å². The second kappa shape index (κ2) is 6.53. The number of carbonyl (C=O) groups excluding carboxylic acids is 1. The van der Waals surface area contributed by atoms with Crippen molar-refractivity contribution in [3.8, 4) is 0 Å². The molecule has 1 saturated heterocycles. The SMILES string of the molecule is COC(=O)c1cnc(N2C[C@@H](C(F)(F)F)[C@H](C(=O)O)C2)c([N+](=O)[O-])c1. The second-order valence-electron chi connectivity index (χ2n) is 5.31. The fourth-order valence-electron chi connectivity index (χ4n) is 2.61. The number of hydrogen-bond donors (Lipinski definition) is 1. The molecule has 12 heteroatoms. The first-order valence-corrected chi connectivity index (χ1v) is 6.83. The Morgan fingerprint density at radius 2 is 2.08 bits per heavy atom. The summed E-state index contributed by atoms with van der Waals surface area (Å²) in [6.07, 6.45) is -3.86. The van der Waals surface area contributed by atoms with Gasteiger partial charge in [0.25, 0.3) is 0 Å². The van der Waals surface area contributed by atoms with Crippen LogP contribution in [-0.4, -0.2) is 53.3 Å². The summed E-state index contributed by atoms with van der Waals surface area (Å²) in [5, 5.41) is 20.2. The number of ether oxygens (including phenoxy) is 1. The van der Waals surface area contributed by atoms with E-state index in [1.165, 1.54) is 0 Å². The van der Waals surface area contributed by atoms with E-state index < -0.39 is 59.5 Å².